The molecule has 0 saturated heterocycles. The van der Waals surface area contributed by atoms with Crippen molar-refractivity contribution in [2.45, 2.75) is 20.3 Å². The molecule has 0 fully saturated rings. The SMILES string of the molecule is CCCNc1nccnc1-c1cccc(OCC)c1. The highest BCUT2D eigenvalue weighted by molar-refractivity contribution is 5.72. The average molecular weight is 257 g/mol. The molecule has 0 aliphatic carbocycles. The lowest BCUT2D eigenvalue weighted by Crippen LogP contribution is -2.04. The maximum atomic E-state index is 5.52. The fourth-order valence-electron chi connectivity index (χ4n) is 1.82. The molecule has 0 bridgehead atoms. The van der Waals surface area contributed by atoms with Crippen LogP contribution in [0.15, 0.2) is 36.7 Å². The van der Waals surface area contributed by atoms with E-state index >= 15 is 0 Å². The Bertz CT molecular complexity index is 528. The van der Waals surface area contributed by atoms with Gasteiger partial charge in [0.2, 0.25) is 0 Å². The van der Waals surface area contributed by atoms with Crippen molar-refractivity contribution in [1.82, 2.24) is 9.97 Å². The van der Waals surface area contributed by atoms with Crippen LogP contribution in [-0.2, 0) is 0 Å². The zero-order valence-electron chi connectivity index (χ0n) is 11.4. The second kappa shape index (κ2) is 6.73. The summed E-state index contributed by atoms with van der Waals surface area (Å²) >= 11 is 0. The van der Waals surface area contributed by atoms with Gasteiger partial charge >= 0.3 is 0 Å². The average Bonchev–Trinajstić information content (AvgIpc) is 2.46. The lowest BCUT2D eigenvalue weighted by molar-refractivity contribution is 0.340. The maximum Gasteiger partial charge on any atom is 0.152 e. The van der Waals surface area contributed by atoms with E-state index in [1.807, 2.05) is 31.2 Å². The molecule has 1 heterocycles. The summed E-state index contributed by atoms with van der Waals surface area (Å²) in [6.07, 6.45) is 4.46. The Morgan fingerprint density at radius 1 is 1.16 bits per heavy atom. The number of ether oxygens (including phenoxy) is 1. The van der Waals surface area contributed by atoms with Gasteiger partial charge in [0.1, 0.15) is 11.4 Å². The molecule has 0 radical (unpaired) electrons. The second-order valence-electron chi connectivity index (χ2n) is 4.14. The molecule has 2 aromatic rings. The van der Waals surface area contributed by atoms with Crippen molar-refractivity contribution in [2.24, 2.45) is 0 Å². The van der Waals surface area contributed by atoms with Crippen LogP contribution in [0, 0.1) is 0 Å². The third-order valence-electron chi connectivity index (χ3n) is 2.66. The molecule has 0 aliphatic rings. The lowest BCUT2D eigenvalue weighted by Gasteiger charge is -2.10. The van der Waals surface area contributed by atoms with Gasteiger partial charge in [0.25, 0.3) is 0 Å². The van der Waals surface area contributed by atoms with Crippen molar-refractivity contribution >= 4 is 5.82 Å². The van der Waals surface area contributed by atoms with E-state index in [9.17, 15) is 0 Å². The fourth-order valence-corrected chi connectivity index (χ4v) is 1.82. The summed E-state index contributed by atoms with van der Waals surface area (Å²) < 4.78 is 5.52. The molecule has 2 rings (SSSR count). The number of nitrogens with zero attached hydrogens (tertiary/aromatic N) is 2. The topological polar surface area (TPSA) is 47.0 Å². The lowest BCUT2D eigenvalue weighted by atomic mass is 10.1. The molecule has 19 heavy (non-hydrogen) atoms. The number of hydrogen-bond acceptors (Lipinski definition) is 4. The van der Waals surface area contributed by atoms with Crippen molar-refractivity contribution in [3.05, 3.63) is 36.7 Å². The van der Waals surface area contributed by atoms with Crippen LogP contribution < -0.4 is 10.1 Å². The first-order valence-corrected chi connectivity index (χ1v) is 6.63. The number of anilines is 1. The Hall–Kier alpha value is -2.10. The van der Waals surface area contributed by atoms with E-state index in [-0.39, 0.29) is 0 Å². The van der Waals surface area contributed by atoms with Crippen LogP contribution in [-0.4, -0.2) is 23.1 Å². The number of aromatic nitrogens is 2. The van der Waals surface area contributed by atoms with Crippen LogP contribution in [0.3, 0.4) is 0 Å². The monoisotopic (exact) mass is 257 g/mol. The largest absolute Gasteiger partial charge is 0.494 e. The second-order valence-corrected chi connectivity index (χ2v) is 4.14. The van der Waals surface area contributed by atoms with E-state index in [0.29, 0.717) is 6.61 Å². The summed E-state index contributed by atoms with van der Waals surface area (Å²) in [5.41, 5.74) is 1.87. The Morgan fingerprint density at radius 3 is 2.79 bits per heavy atom. The summed E-state index contributed by atoms with van der Waals surface area (Å²) in [7, 11) is 0. The van der Waals surface area contributed by atoms with Gasteiger partial charge in [0.15, 0.2) is 5.82 Å². The van der Waals surface area contributed by atoms with Gasteiger partial charge in [-0.15, -0.1) is 0 Å². The van der Waals surface area contributed by atoms with Gasteiger partial charge in [-0.05, 0) is 25.5 Å². The molecule has 1 aromatic heterocycles. The van der Waals surface area contributed by atoms with Crippen LogP contribution in [0.25, 0.3) is 11.3 Å². The van der Waals surface area contributed by atoms with E-state index in [1.54, 1.807) is 12.4 Å². The van der Waals surface area contributed by atoms with E-state index < -0.39 is 0 Å². The van der Waals surface area contributed by atoms with Crippen molar-refractivity contribution in [3.8, 4) is 17.0 Å². The van der Waals surface area contributed by atoms with E-state index in [0.717, 1.165) is 35.8 Å². The minimum absolute atomic E-state index is 0.658. The van der Waals surface area contributed by atoms with Crippen LogP contribution in [0.4, 0.5) is 5.82 Å². The summed E-state index contributed by atoms with van der Waals surface area (Å²) in [4.78, 5) is 8.78. The van der Waals surface area contributed by atoms with Crippen molar-refractivity contribution < 1.29 is 4.74 Å². The molecular formula is C15H19N3O. The first-order chi connectivity index (χ1) is 9.35. The number of rotatable bonds is 6. The van der Waals surface area contributed by atoms with Gasteiger partial charge in [-0.25, -0.2) is 4.98 Å². The predicted octanol–water partition coefficient (Wildman–Crippen LogP) is 3.36. The Balaban J connectivity index is 2.32. The molecular weight excluding hydrogens is 238 g/mol. The molecule has 0 amide bonds. The Labute approximate surface area is 113 Å². The van der Waals surface area contributed by atoms with Crippen LogP contribution in [0.1, 0.15) is 20.3 Å². The highest BCUT2D eigenvalue weighted by atomic mass is 16.5. The third kappa shape index (κ3) is 3.44. The first kappa shape index (κ1) is 13.3. The highest BCUT2D eigenvalue weighted by Gasteiger charge is 2.08. The molecule has 0 saturated carbocycles. The molecule has 100 valence electrons. The summed E-state index contributed by atoms with van der Waals surface area (Å²) in [5.74, 6) is 1.67. The quantitative estimate of drug-likeness (QED) is 0.862. The Kier molecular flexibility index (Phi) is 4.72. The predicted molar refractivity (Wildman–Crippen MR) is 77.4 cm³/mol. The van der Waals surface area contributed by atoms with Gasteiger partial charge in [-0.1, -0.05) is 19.1 Å². The standard InChI is InChI=1S/C15H19N3O/c1-3-8-17-15-14(16-9-10-18-15)12-6-5-7-13(11-12)19-4-2/h5-7,9-11H,3-4,8H2,1-2H3,(H,17,18). The molecule has 0 atom stereocenters. The van der Waals surface area contributed by atoms with Gasteiger partial charge in [0, 0.05) is 24.5 Å². The normalized spacial score (nSPS) is 10.2. The zero-order valence-corrected chi connectivity index (χ0v) is 11.4. The van der Waals surface area contributed by atoms with Crippen LogP contribution in [0.2, 0.25) is 0 Å². The minimum Gasteiger partial charge on any atom is -0.494 e. The van der Waals surface area contributed by atoms with Crippen molar-refractivity contribution in [1.29, 1.82) is 0 Å². The summed E-state index contributed by atoms with van der Waals surface area (Å²) in [6, 6.07) is 7.93. The number of benzene rings is 1. The smallest absolute Gasteiger partial charge is 0.152 e. The van der Waals surface area contributed by atoms with Crippen molar-refractivity contribution in [2.75, 3.05) is 18.5 Å². The molecule has 4 heteroatoms. The third-order valence-corrected chi connectivity index (χ3v) is 2.66. The van der Waals surface area contributed by atoms with Gasteiger partial charge < -0.3 is 10.1 Å². The van der Waals surface area contributed by atoms with Crippen LogP contribution >= 0.6 is 0 Å². The highest BCUT2D eigenvalue weighted by Crippen LogP contribution is 2.26. The van der Waals surface area contributed by atoms with Crippen LogP contribution in [0.5, 0.6) is 5.75 Å². The fraction of sp³-hybridized carbons (Fsp3) is 0.333. The summed E-state index contributed by atoms with van der Waals surface area (Å²) in [6.45, 7) is 5.64. The number of hydrogen-bond donors (Lipinski definition) is 1. The van der Waals surface area contributed by atoms with Gasteiger partial charge in [-0.2, -0.15) is 0 Å². The van der Waals surface area contributed by atoms with E-state index in [4.69, 9.17) is 4.74 Å². The van der Waals surface area contributed by atoms with Gasteiger partial charge in [-0.3, -0.25) is 4.98 Å². The molecule has 0 spiro atoms. The van der Waals surface area contributed by atoms with Crippen molar-refractivity contribution in [3.63, 3.8) is 0 Å². The molecule has 1 aromatic carbocycles. The molecule has 4 nitrogen and oxygen atoms in total. The maximum absolute atomic E-state index is 5.52. The van der Waals surface area contributed by atoms with E-state index in [2.05, 4.69) is 22.2 Å². The zero-order chi connectivity index (χ0) is 13.5. The Morgan fingerprint density at radius 2 is 2.00 bits per heavy atom. The van der Waals surface area contributed by atoms with E-state index in [1.165, 1.54) is 0 Å². The summed E-state index contributed by atoms with van der Waals surface area (Å²) in [5, 5.41) is 3.30. The molecule has 0 unspecified atom stereocenters. The minimum atomic E-state index is 0.658. The molecule has 1 N–H and O–H groups in total. The number of nitrogens with one attached hydrogen (secondary N) is 1. The first-order valence-electron chi connectivity index (χ1n) is 6.63. The van der Waals surface area contributed by atoms with Gasteiger partial charge in [0.05, 0.1) is 6.61 Å². The molecule has 0 aliphatic heterocycles.